The van der Waals surface area contributed by atoms with Crippen LogP contribution >= 0.6 is 0 Å². The van der Waals surface area contributed by atoms with E-state index in [2.05, 4.69) is 16.7 Å². The highest BCUT2D eigenvalue weighted by Gasteiger charge is 2.33. The van der Waals surface area contributed by atoms with Crippen LogP contribution in [0.25, 0.3) is 10.9 Å². The van der Waals surface area contributed by atoms with Crippen LogP contribution in [0.5, 0.6) is 5.75 Å². The van der Waals surface area contributed by atoms with Crippen LogP contribution in [0.4, 0.5) is 0 Å². The van der Waals surface area contributed by atoms with Crippen LogP contribution < -0.4 is 10.6 Å². The number of carbonyl (C=O) groups is 2. The Labute approximate surface area is 193 Å². The average molecular weight is 445 g/mol. The van der Waals surface area contributed by atoms with E-state index in [-0.39, 0.29) is 29.5 Å². The number of fused-ring (bicyclic) bond motifs is 1. The molecule has 33 heavy (non-hydrogen) atoms. The fourth-order valence-corrected chi connectivity index (χ4v) is 4.64. The maximum absolute atomic E-state index is 13.1. The number of aryl methyl sites for hydroxylation is 1. The van der Waals surface area contributed by atoms with Crippen molar-refractivity contribution in [3.05, 3.63) is 65.9 Å². The highest BCUT2D eigenvalue weighted by molar-refractivity contribution is 5.99. The third-order valence-corrected chi connectivity index (χ3v) is 6.45. The molecule has 0 saturated heterocycles. The molecule has 3 N–H and O–H groups in total. The molecule has 3 atom stereocenters. The Kier molecular flexibility index (Phi) is 6.64. The van der Waals surface area contributed by atoms with Crippen molar-refractivity contribution in [2.45, 2.75) is 44.2 Å². The molecule has 0 radical (unpaired) electrons. The number of nitrogens with zero attached hydrogens (tertiary/aromatic N) is 2. The van der Waals surface area contributed by atoms with Crippen LogP contribution in [0, 0.1) is 17.2 Å². The zero-order valence-electron chi connectivity index (χ0n) is 18.6. The number of nitriles is 1. The number of benzene rings is 2. The number of carbonyl (C=O) groups excluding carboxylic acids is 2. The zero-order valence-corrected chi connectivity index (χ0v) is 18.6. The summed E-state index contributed by atoms with van der Waals surface area (Å²) in [6, 6.07) is 17.5. The number of phenolic OH excluding ortho intramolecular Hbond substituents is 1. The molecule has 1 fully saturated rings. The Morgan fingerprint density at radius 1 is 1.15 bits per heavy atom. The first kappa shape index (κ1) is 22.4. The van der Waals surface area contributed by atoms with Gasteiger partial charge < -0.3 is 20.3 Å². The summed E-state index contributed by atoms with van der Waals surface area (Å²) >= 11 is 0. The number of aromatic nitrogens is 1. The molecule has 0 aliphatic heterocycles. The summed E-state index contributed by atoms with van der Waals surface area (Å²) in [5.41, 5.74) is 2.39. The maximum atomic E-state index is 13.1. The van der Waals surface area contributed by atoms with Gasteiger partial charge in [0.05, 0.1) is 12.0 Å². The fraction of sp³-hybridized carbons (Fsp3) is 0.346. The molecule has 170 valence electrons. The van der Waals surface area contributed by atoms with Gasteiger partial charge in [-0.1, -0.05) is 43.2 Å². The lowest BCUT2D eigenvalue weighted by Crippen LogP contribution is -2.50. The summed E-state index contributed by atoms with van der Waals surface area (Å²) in [7, 11) is 1.86. The Bertz CT molecular complexity index is 1190. The van der Waals surface area contributed by atoms with Crippen molar-refractivity contribution in [1.29, 1.82) is 5.26 Å². The number of amides is 2. The summed E-state index contributed by atoms with van der Waals surface area (Å²) in [6.45, 7) is 0. The van der Waals surface area contributed by atoms with Gasteiger partial charge in [0.1, 0.15) is 17.5 Å². The van der Waals surface area contributed by atoms with E-state index in [0.29, 0.717) is 18.5 Å². The smallest absolute Gasteiger partial charge is 0.268 e. The van der Waals surface area contributed by atoms with Crippen LogP contribution in [0.1, 0.15) is 41.7 Å². The largest absolute Gasteiger partial charge is 0.508 e. The van der Waals surface area contributed by atoms with E-state index in [9.17, 15) is 20.0 Å². The number of hydrogen-bond donors (Lipinski definition) is 3. The Hall–Kier alpha value is -3.79. The molecule has 0 bridgehead atoms. The van der Waals surface area contributed by atoms with E-state index in [1.807, 2.05) is 41.9 Å². The van der Waals surface area contributed by atoms with Crippen molar-refractivity contribution in [3.63, 3.8) is 0 Å². The summed E-state index contributed by atoms with van der Waals surface area (Å²) < 4.78 is 1.87. The Morgan fingerprint density at radius 2 is 1.88 bits per heavy atom. The molecular weight excluding hydrogens is 416 g/mol. The summed E-state index contributed by atoms with van der Waals surface area (Å²) in [5.74, 6) is -0.627. The van der Waals surface area contributed by atoms with E-state index in [1.165, 1.54) is 0 Å². The number of para-hydroxylation sites is 1. The van der Waals surface area contributed by atoms with Crippen molar-refractivity contribution < 1.29 is 14.7 Å². The third kappa shape index (κ3) is 5.01. The normalized spacial score (nSPS) is 18.9. The number of nitrogens with one attached hydrogen (secondary N) is 2. The summed E-state index contributed by atoms with van der Waals surface area (Å²) in [6.07, 6.45) is 3.60. The minimum atomic E-state index is -0.682. The first-order valence-corrected chi connectivity index (χ1v) is 11.3. The molecule has 7 heteroatoms. The van der Waals surface area contributed by atoms with E-state index in [1.54, 1.807) is 24.3 Å². The number of rotatable bonds is 6. The number of hydrogen-bond acceptors (Lipinski definition) is 4. The number of aromatic hydroxyl groups is 1. The summed E-state index contributed by atoms with van der Waals surface area (Å²) in [5, 5.41) is 25.9. The Morgan fingerprint density at radius 3 is 2.61 bits per heavy atom. The van der Waals surface area contributed by atoms with Gasteiger partial charge in [0.2, 0.25) is 5.91 Å². The van der Waals surface area contributed by atoms with Gasteiger partial charge in [-0.05, 0) is 42.7 Å². The van der Waals surface area contributed by atoms with Crippen molar-refractivity contribution >= 4 is 22.7 Å². The molecule has 4 rings (SSSR count). The molecular formula is C26H28N4O3. The van der Waals surface area contributed by atoms with E-state index in [4.69, 9.17) is 0 Å². The Balaban J connectivity index is 1.44. The SMILES string of the molecule is Cn1c(C(=O)N[C@H]2CCCC[C@H]2C(=O)N[C@@H](C#N)Cc2ccc(O)cc2)cc2ccccc21. The molecule has 1 saturated carbocycles. The van der Waals surface area contributed by atoms with Crippen LogP contribution in [0.2, 0.25) is 0 Å². The van der Waals surface area contributed by atoms with Crippen molar-refractivity contribution in [2.24, 2.45) is 13.0 Å². The molecule has 7 nitrogen and oxygen atoms in total. The fourth-order valence-electron chi connectivity index (χ4n) is 4.64. The second kappa shape index (κ2) is 9.78. The quantitative estimate of drug-likeness (QED) is 0.541. The molecule has 0 unspecified atom stereocenters. The third-order valence-electron chi connectivity index (χ3n) is 6.45. The summed E-state index contributed by atoms with van der Waals surface area (Å²) in [4.78, 5) is 26.2. The molecule has 2 aromatic carbocycles. The molecule has 1 aliphatic carbocycles. The van der Waals surface area contributed by atoms with Gasteiger partial charge in [0.25, 0.3) is 5.91 Å². The van der Waals surface area contributed by atoms with E-state index in [0.717, 1.165) is 35.7 Å². The highest BCUT2D eigenvalue weighted by atomic mass is 16.3. The van der Waals surface area contributed by atoms with Crippen LogP contribution in [-0.2, 0) is 18.3 Å². The van der Waals surface area contributed by atoms with Gasteiger partial charge in [-0.2, -0.15) is 5.26 Å². The van der Waals surface area contributed by atoms with Gasteiger partial charge in [-0.25, -0.2) is 0 Å². The minimum absolute atomic E-state index is 0.156. The second-order valence-corrected chi connectivity index (χ2v) is 8.68. The van der Waals surface area contributed by atoms with Gasteiger partial charge >= 0.3 is 0 Å². The molecule has 3 aromatic rings. The minimum Gasteiger partial charge on any atom is -0.508 e. The monoisotopic (exact) mass is 444 g/mol. The van der Waals surface area contributed by atoms with Gasteiger partial charge in [-0.3, -0.25) is 9.59 Å². The predicted molar refractivity (Wildman–Crippen MR) is 125 cm³/mol. The van der Waals surface area contributed by atoms with E-state index < -0.39 is 6.04 Å². The molecule has 2 amide bonds. The van der Waals surface area contributed by atoms with Crippen molar-refractivity contribution in [3.8, 4) is 11.8 Å². The average Bonchev–Trinajstić information content (AvgIpc) is 3.17. The lowest BCUT2D eigenvalue weighted by atomic mass is 9.83. The lowest BCUT2D eigenvalue weighted by Gasteiger charge is -2.31. The van der Waals surface area contributed by atoms with Crippen molar-refractivity contribution in [2.75, 3.05) is 0 Å². The van der Waals surface area contributed by atoms with Gasteiger partial charge in [-0.15, -0.1) is 0 Å². The molecule has 1 aliphatic rings. The van der Waals surface area contributed by atoms with Crippen LogP contribution in [0.15, 0.2) is 54.6 Å². The molecule has 1 aromatic heterocycles. The van der Waals surface area contributed by atoms with Crippen LogP contribution in [-0.4, -0.2) is 33.6 Å². The first-order chi connectivity index (χ1) is 16.0. The zero-order chi connectivity index (χ0) is 23.4. The lowest BCUT2D eigenvalue weighted by molar-refractivity contribution is -0.127. The first-order valence-electron chi connectivity index (χ1n) is 11.3. The van der Waals surface area contributed by atoms with Crippen molar-refractivity contribution in [1.82, 2.24) is 15.2 Å². The molecule has 1 heterocycles. The van der Waals surface area contributed by atoms with Gasteiger partial charge in [0, 0.05) is 30.4 Å². The number of phenols is 1. The standard InChI is InChI=1S/C26H28N4O3/c1-30-23-9-5-2-6-18(23)15-24(30)26(33)29-22-8-4-3-7-21(22)25(32)28-19(16-27)14-17-10-12-20(31)13-11-17/h2,5-6,9-13,15,19,21-22,31H,3-4,7-8,14H2,1H3,(H,28,32)(H,29,33)/t19-,21-,22+/m1/s1. The molecule has 0 spiro atoms. The van der Waals surface area contributed by atoms with Crippen LogP contribution in [0.3, 0.4) is 0 Å². The predicted octanol–water partition coefficient (Wildman–Crippen LogP) is 3.42. The maximum Gasteiger partial charge on any atom is 0.268 e. The topological polar surface area (TPSA) is 107 Å². The van der Waals surface area contributed by atoms with E-state index >= 15 is 0 Å². The van der Waals surface area contributed by atoms with Gasteiger partial charge in [0.15, 0.2) is 0 Å². The second-order valence-electron chi connectivity index (χ2n) is 8.68. The highest BCUT2D eigenvalue weighted by Crippen LogP contribution is 2.26.